The van der Waals surface area contributed by atoms with Gasteiger partial charge in [0.1, 0.15) is 0 Å². The summed E-state index contributed by atoms with van der Waals surface area (Å²) < 4.78 is 5.47. The quantitative estimate of drug-likeness (QED) is 0.596. The van der Waals surface area contributed by atoms with Crippen LogP contribution in [0.1, 0.15) is 27.7 Å². The van der Waals surface area contributed by atoms with Crippen molar-refractivity contribution in [2.75, 3.05) is 6.61 Å². The highest BCUT2D eigenvalue weighted by atomic mass is 16.5. The van der Waals surface area contributed by atoms with Crippen LogP contribution in [0.15, 0.2) is 5.29 Å². The number of nitrogens with zero attached hydrogens (tertiary/aromatic N) is 2. The van der Waals surface area contributed by atoms with E-state index < -0.39 is 0 Å². The van der Waals surface area contributed by atoms with Gasteiger partial charge < -0.3 is 4.74 Å². The minimum atomic E-state index is -0.253. The van der Waals surface area contributed by atoms with Crippen LogP contribution in [0.5, 0.6) is 0 Å². The molecule has 0 aromatic carbocycles. The summed E-state index contributed by atoms with van der Waals surface area (Å²) in [6.07, 6.45) is -0.155. The van der Waals surface area contributed by atoms with Crippen LogP contribution >= 0.6 is 0 Å². The van der Waals surface area contributed by atoms with Gasteiger partial charge in [-0.1, -0.05) is 13.8 Å². The summed E-state index contributed by atoms with van der Waals surface area (Å²) in [4.78, 5) is 10.5. The number of hydrogen-bond donors (Lipinski definition) is 0. The molecule has 4 heteroatoms. The Hall–Kier alpha value is -0.640. The molecular weight excluding hydrogens is 156 g/mol. The first-order valence-electron chi connectivity index (χ1n) is 4.23. The zero-order valence-electron chi connectivity index (χ0n) is 8.07. The Morgan fingerprint density at radius 2 is 2.17 bits per heavy atom. The highest BCUT2D eigenvalue weighted by Crippen LogP contribution is 2.30. The predicted octanol–water partition coefficient (Wildman–Crippen LogP) is 1.76. The Morgan fingerprint density at radius 3 is 2.50 bits per heavy atom. The molecule has 1 aliphatic rings. The molecule has 1 saturated heterocycles. The normalized spacial score (nSPS) is 28.1. The molecule has 0 amide bonds. The van der Waals surface area contributed by atoms with Gasteiger partial charge in [-0.25, -0.2) is 5.01 Å². The lowest BCUT2D eigenvalue weighted by Crippen LogP contribution is -2.41. The number of ether oxygens (including phenoxy) is 1. The Kier molecular flexibility index (Phi) is 2.37. The first kappa shape index (κ1) is 9.45. The lowest BCUT2D eigenvalue weighted by Gasteiger charge is -2.28. The summed E-state index contributed by atoms with van der Waals surface area (Å²) in [5.74, 6) is 0.296. The fraction of sp³-hybridized carbons (Fsp3) is 1.00. The van der Waals surface area contributed by atoms with Gasteiger partial charge >= 0.3 is 0 Å². The Morgan fingerprint density at radius 1 is 1.58 bits per heavy atom. The third-order valence-corrected chi connectivity index (χ3v) is 2.13. The van der Waals surface area contributed by atoms with Crippen LogP contribution in [0.2, 0.25) is 0 Å². The summed E-state index contributed by atoms with van der Waals surface area (Å²) in [6.45, 7) is 8.52. The first-order chi connectivity index (χ1) is 5.49. The van der Waals surface area contributed by atoms with Gasteiger partial charge in [0.15, 0.2) is 6.23 Å². The smallest absolute Gasteiger partial charge is 0.152 e. The topological polar surface area (TPSA) is 41.9 Å². The molecule has 0 spiro atoms. The first-order valence-corrected chi connectivity index (χ1v) is 4.23. The molecule has 12 heavy (non-hydrogen) atoms. The summed E-state index contributed by atoms with van der Waals surface area (Å²) in [7, 11) is 0. The van der Waals surface area contributed by atoms with Crippen LogP contribution in [-0.2, 0) is 4.74 Å². The fourth-order valence-corrected chi connectivity index (χ4v) is 1.40. The highest BCUT2D eigenvalue weighted by Gasteiger charge is 2.42. The van der Waals surface area contributed by atoms with Gasteiger partial charge in [-0.15, -0.1) is 4.91 Å². The molecule has 0 radical (unpaired) electrons. The number of hydrogen-bond acceptors (Lipinski definition) is 3. The molecule has 0 saturated carbocycles. The second kappa shape index (κ2) is 3.01. The molecule has 0 aromatic heterocycles. The zero-order valence-corrected chi connectivity index (χ0v) is 8.07. The van der Waals surface area contributed by atoms with Crippen molar-refractivity contribution in [3.05, 3.63) is 4.91 Å². The van der Waals surface area contributed by atoms with Crippen LogP contribution in [0.3, 0.4) is 0 Å². The average molecular weight is 172 g/mol. The minimum absolute atomic E-state index is 0.155. The molecule has 1 rings (SSSR count). The van der Waals surface area contributed by atoms with Crippen molar-refractivity contribution in [2.24, 2.45) is 11.2 Å². The predicted molar refractivity (Wildman–Crippen MR) is 46.3 cm³/mol. The van der Waals surface area contributed by atoms with E-state index in [1.54, 1.807) is 0 Å². The van der Waals surface area contributed by atoms with Crippen LogP contribution in [0.25, 0.3) is 0 Å². The molecule has 4 nitrogen and oxygen atoms in total. The molecule has 70 valence electrons. The summed E-state index contributed by atoms with van der Waals surface area (Å²) in [5.41, 5.74) is -0.253. The highest BCUT2D eigenvalue weighted by molar-refractivity contribution is 4.87. The summed E-state index contributed by atoms with van der Waals surface area (Å²) in [6, 6.07) is 0. The molecule has 1 fully saturated rings. The van der Waals surface area contributed by atoms with E-state index in [9.17, 15) is 4.91 Å². The van der Waals surface area contributed by atoms with Crippen molar-refractivity contribution in [3.8, 4) is 0 Å². The van der Waals surface area contributed by atoms with Gasteiger partial charge in [0.2, 0.25) is 0 Å². The number of nitroso groups, excluding NO2 is 1. The molecule has 1 aliphatic heterocycles. The zero-order chi connectivity index (χ0) is 9.35. The molecule has 0 aromatic rings. The van der Waals surface area contributed by atoms with E-state index in [0.29, 0.717) is 12.5 Å². The molecule has 0 aliphatic carbocycles. The van der Waals surface area contributed by atoms with E-state index in [-0.39, 0.29) is 11.8 Å². The molecular formula is C8H16N2O2. The molecule has 1 heterocycles. The second-order valence-corrected chi connectivity index (χ2v) is 4.18. The van der Waals surface area contributed by atoms with Gasteiger partial charge in [0.25, 0.3) is 0 Å². The minimum Gasteiger partial charge on any atom is -0.354 e. The van der Waals surface area contributed by atoms with Crippen LogP contribution in [0.4, 0.5) is 0 Å². The number of rotatable bonds is 2. The lowest BCUT2D eigenvalue weighted by atomic mass is 10.1. The maximum absolute atomic E-state index is 10.5. The molecule has 1 atom stereocenters. The van der Waals surface area contributed by atoms with Gasteiger partial charge in [-0.3, -0.25) is 0 Å². The van der Waals surface area contributed by atoms with Crippen LogP contribution in [0, 0.1) is 10.8 Å². The summed E-state index contributed by atoms with van der Waals surface area (Å²) in [5, 5.41) is 4.51. The summed E-state index contributed by atoms with van der Waals surface area (Å²) >= 11 is 0. The van der Waals surface area contributed by atoms with Crippen LogP contribution < -0.4 is 0 Å². The Balaban J connectivity index is 2.76. The lowest BCUT2D eigenvalue weighted by molar-refractivity contribution is -0.00999. The van der Waals surface area contributed by atoms with Crippen molar-refractivity contribution in [3.63, 3.8) is 0 Å². The van der Waals surface area contributed by atoms with Crippen molar-refractivity contribution in [2.45, 2.75) is 39.5 Å². The van der Waals surface area contributed by atoms with Crippen LogP contribution in [-0.4, -0.2) is 23.4 Å². The van der Waals surface area contributed by atoms with Crippen molar-refractivity contribution in [1.82, 2.24) is 5.01 Å². The standard InChI is InChI=1S/C8H16N2O2/c1-6(2)7-10(9-11)8(3,4)5-12-7/h6-7H,5H2,1-4H3. The third-order valence-electron chi connectivity index (χ3n) is 2.13. The van der Waals surface area contributed by atoms with E-state index in [1.165, 1.54) is 5.01 Å². The van der Waals surface area contributed by atoms with E-state index in [2.05, 4.69) is 5.29 Å². The molecule has 0 bridgehead atoms. The van der Waals surface area contributed by atoms with Gasteiger partial charge in [-0.2, -0.15) is 0 Å². The monoisotopic (exact) mass is 172 g/mol. The van der Waals surface area contributed by atoms with E-state index in [0.717, 1.165) is 0 Å². The van der Waals surface area contributed by atoms with E-state index in [1.807, 2.05) is 27.7 Å². The van der Waals surface area contributed by atoms with Crippen molar-refractivity contribution >= 4 is 0 Å². The average Bonchev–Trinajstić information content (AvgIpc) is 2.24. The third kappa shape index (κ3) is 1.43. The van der Waals surface area contributed by atoms with Gasteiger partial charge in [0.05, 0.1) is 17.4 Å². The van der Waals surface area contributed by atoms with E-state index in [4.69, 9.17) is 4.74 Å². The molecule has 1 unspecified atom stereocenters. The maximum atomic E-state index is 10.5. The van der Waals surface area contributed by atoms with Crippen molar-refractivity contribution in [1.29, 1.82) is 0 Å². The Labute approximate surface area is 72.8 Å². The largest absolute Gasteiger partial charge is 0.354 e. The van der Waals surface area contributed by atoms with Crippen molar-refractivity contribution < 1.29 is 4.74 Å². The maximum Gasteiger partial charge on any atom is 0.152 e. The second-order valence-electron chi connectivity index (χ2n) is 4.18. The van der Waals surface area contributed by atoms with Gasteiger partial charge in [0, 0.05) is 0 Å². The van der Waals surface area contributed by atoms with E-state index >= 15 is 0 Å². The Bertz CT molecular complexity index is 180. The fourth-order valence-electron chi connectivity index (χ4n) is 1.40. The molecule has 0 N–H and O–H groups in total. The van der Waals surface area contributed by atoms with Gasteiger partial charge in [-0.05, 0) is 19.8 Å². The SMILES string of the molecule is CC(C)C1OCC(C)(C)N1N=O.